The number of unbranched alkanes of at least 4 members (excludes halogenated alkanes) is 1. The van der Waals surface area contributed by atoms with Crippen molar-refractivity contribution in [2.45, 2.75) is 193 Å². The summed E-state index contributed by atoms with van der Waals surface area (Å²) in [5, 5.41) is 18.5. The second-order valence-corrected chi connectivity index (χ2v) is 26.7. The van der Waals surface area contributed by atoms with Crippen LogP contribution >= 0.6 is 27.5 Å². The number of allylic oxidation sites excluding steroid dienone is 3. The summed E-state index contributed by atoms with van der Waals surface area (Å²) in [7, 11) is 4.47. The van der Waals surface area contributed by atoms with Crippen molar-refractivity contribution in [3.63, 3.8) is 0 Å². The van der Waals surface area contributed by atoms with E-state index in [4.69, 9.17) is 41.0 Å². The molecule has 4 heterocycles. The van der Waals surface area contributed by atoms with Crippen molar-refractivity contribution in [2.24, 2.45) is 23.5 Å². The van der Waals surface area contributed by atoms with Gasteiger partial charge in [0.1, 0.15) is 46.9 Å². The lowest BCUT2D eigenvalue weighted by atomic mass is 9.78. The molecule has 4 bridgehead atoms. The van der Waals surface area contributed by atoms with E-state index in [0.717, 1.165) is 16.7 Å². The highest BCUT2D eigenvalue weighted by Crippen LogP contribution is 2.50. The number of amides is 5. The first kappa shape index (κ1) is 73.2. The van der Waals surface area contributed by atoms with Crippen LogP contribution in [0, 0.1) is 24.7 Å². The molecule has 0 unspecified atom stereocenters. The Kier molecular flexibility index (Phi) is 25.5. The Hall–Kier alpha value is -6.85. The predicted molar refractivity (Wildman–Crippen MR) is 348 cm³/mol. The van der Waals surface area contributed by atoms with Crippen LogP contribution in [0.15, 0.2) is 78.5 Å². The van der Waals surface area contributed by atoms with Crippen LogP contribution in [0.4, 0.5) is 10.5 Å². The fourth-order valence-electron chi connectivity index (χ4n) is 11.9. The summed E-state index contributed by atoms with van der Waals surface area (Å²) in [4.78, 5) is 130. The number of alkyl halides is 1. The molecule has 10 atom stereocenters. The van der Waals surface area contributed by atoms with Gasteiger partial charge in [-0.3, -0.25) is 33.8 Å². The van der Waals surface area contributed by atoms with E-state index in [1.807, 2.05) is 45.9 Å². The molecule has 496 valence electrons. The van der Waals surface area contributed by atoms with Crippen molar-refractivity contribution < 1.29 is 71.9 Å². The summed E-state index contributed by atoms with van der Waals surface area (Å²) in [5.41, 5.74) is 5.68. The summed E-state index contributed by atoms with van der Waals surface area (Å²) < 4.78 is 29.9. The Morgan fingerprint density at radius 1 is 1.07 bits per heavy atom. The molecule has 3 aromatic rings. The van der Waals surface area contributed by atoms with Gasteiger partial charge < -0.3 is 55.0 Å². The topological polar surface area (TPSA) is 293 Å². The van der Waals surface area contributed by atoms with E-state index >= 15 is 0 Å². The molecule has 0 aliphatic carbocycles. The third-order valence-electron chi connectivity index (χ3n) is 17.7. The lowest BCUT2D eigenvalue weighted by Gasteiger charge is -2.41. The average Bonchev–Trinajstić information content (AvgIpc) is 1.59. The van der Waals surface area contributed by atoms with Crippen molar-refractivity contribution in [1.82, 2.24) is 20.5 Å². The van der Waals surface area contributed by atoms with E-state index in [0.29, 0.717) is 58.4 Å². The van der Waals surface area contributed by atoms with Gasteiger partial charge in [-0.15, -0.1) is 0 Å². The van der Waals surface area contributed by atoms with Crippen LogP contribution in [0.2, 0.25) is 5.02 Å². The molecular weight excluding hydrogens is 1260 g/mol. The molecule has 2 saturated heterocycles. The molecule has 23 heteroatoms. The van der Waals surface area contributed by atoms with Crippen molar-refractivity contribution in [2.75, 3.05) is 38.0 Å². The number of aliphatic hydroxyl groups is 1. The number of rotatable bonds is 25. The van der Waals surface area contributed by atoms with Crippen LogP contribution in [0.5, 0.6) is 0 Å². The standard InChI is InChI=1S/C68H90BrClN6O15/c1-38(2)49(33-46(77)20-14-15-26-66(8,9)91-63(83)41(5)37-69)61(81)74-50(22-18-28-73-65(71)85)52(78)32-45-24-25-48(47-21-17-27-72-59(45)47)62(82)75(11)43(7)64(84)89-55-34-56(79)76(12)51-31-44(30-40(4)58(51)70)29-39(3)19-16-23-54(87-13)68(86)35-53(88-57(80)36-68)42(6)60-67(55,10)90-60/h16-17,19,21,23-25,27,30-31,38,42-43,49-50,53-55,60,86H,5,14-15,18,20,22,26,28-29,32-37H2,1-4,6-13H3,(H,74,81)(H3,71,73,85)/b23-16+,39-19+/t42-,43+,49+,50+,53+,54-,55+,60+,67+,68-/m1/s1. The van der Waals surface area contributed by atoms with Crippen LogP contribution in [0.1, 0.15) is 147 Å². The molecule has 0 spiro atoms. The zero-order chi connectivity index (χ0) is 67.4. The van der Waals surface area contributed by atoms with Crippen molar-refractivity contribution in [3.05, 3.63) is 106 Å². The maximum Gasteiger partial charge on any atom is 0.334 e. The minimum Gasteiger partial charge on any atom is -0.462 e. The zero-order valence-corrected chi connectivity index (χ0v) is 56.8. The maximum absolute atomic E-state index is 14.7. The van der Waals surface area contributed by atoms with Gasteiger partial charge in [0.2, 0.25) is 11.8 Å². The SMILES string of the molecule is C=C(CBr)C(=O)OC(C)(C)CCCCC(=O)C[C@H](C(=O)N[C@@H](CCCNC(N)=O)C(=O)Cc1ccc(C(=O)N(C)[C@@H](C)C(=O)O[C@H]2CC(=O)N(C)c3cc(cc(C)c3Cl)C/C(C)=C/C=C/[C@@H](OC)[C@]3(O)CC(=O)O[C@@H](C3)[C@@H](C)[C@@H]3O[C@@]23C)c2cccnc12)C(C)C. The van der Waals surface area contributed by atoms with Gasteiger partial charge in [0.25, 0.3) is 5.91 Å². The number of epoxide rings is 1. The van der Waals surface area contributed by atoms with Crippen LogP contribution < -0.4 is 21.3 Å². The molecule has 0 saturated carbocycles. The van der Waals surface area contributed by atoms with Crippen LogP contribution in [0.25, 0.3) is 10.9 Å². The number of aryl methyl sites for hydroxylation is 1. The summed E-state index contributed by atoms with van der Waals surface area (Å²) in [6.07, 6.45) is 4.69. The van der Waals surface area contributed by atoms with Crippen LogP contribution in [-0.4, -0.2) is 155 Å². The number of pyridine rings is 1. The fraction of sp³-hybridized carbons (Fsp3) is 0.559. The van der Waals surface area contributed by atoms with Gasteiger partial charge in [-0.25, -0.2) is 14.4 Å². The number of halogens is 2. The number of carbonyl (C=O) groups is 9. The van der Waals surface area contributed by atoms with Crippen LogP contribution in [-0.2, 0) is 70.1 Å². The smallest absolute Gasteiger partial charge is 0.334 e. The van der Waals surface area contributed by atoms with E-state index in [2.05, 4.69) is 38.1 Å². The molecule has 21 nitrogen and oxygen atoms in total. The Morgan fingerprint density at radius 3 is 2.45 bits per heavy atom. The van der Waals surface area contributed by atoms with Gasteiger partial charge in [-0.2, -0.15) is 0 Å². The second kappa shape index (κ2) is 31.7. The number of likely N-dealkylation sites (N-methyl/N-ethyl adjacent to an activating group) is 1. The molecule has 0 radical (unpaired) electrons. The van der Waals surface area contributed by atoms with Crippen molar-refractivity contribution in [1.29, 1.82) is 0 Å². The molecule has 2 fully saturated rings. The minimum atomic E-state index is -1.65. The quantitative estimate of drug-likeness (QED) is 0.0154. The number of methoxy groups -OCH3 is 1. The summed E-state index contributed by atoms with van der Waals surface area (Å²) in [6.45, 7) is 19.8. The Bertz CT molecular complexity index is 3310. The first-order valence-electron chi connectivity index (χ1n) is 31.0. The normalized spacial score (nSPS) is 23.9. The van der Waals surface area contributed by atoms with E-state index < -0.39 is 119 Å². The molecular formula is C68H90BrClN6O15. The van der Waals surface area contributed by atoms with Gasteiger partial charge in [0.15, 0.2) is 5.78 Å². The number of Topliss-reactive ketones (excluding diaryl/α,β-unsaturated/α-hetero) is 2. The number of ether oxygens (including phenoxy) is 5. The van der Waals surface area contributed by atoms with Gasteiger partial charge in [0.05, 0.1) is 41.2 Å². The van der Waals surface area contributed by atoms with Gasteiger partial charge in [-0.1, -0.05) is 96.9 Å². The van der Waals surface area contributed by atoms with E-state index in [1.54, 1.807) is 65.1 Å². The highest BCUT2D eigenvalue weighted by atomic mass is 79.9. The highest BCUT2D eigenvalue weighted by molar-refractivity contribution is 9.09. The predicted octanol–water partition coefficient (Wildman–Crippen LogP) is 9.04. The number of benzene rings is 2. The van der Waals surface area contributed by atoms with Crippen molar-refractivity contribution in [3.8, 4) is 0 Å². The van der Waals surface area contributed by atoms with Gasteiger partial charge in [0, 0.05) is 93.3 Å². The Morgan fingerprint density at radius 2 is 1.78 bits per heavy atom. The average molecular weight is 1350 g/mol. The first-order chi connectivity index (χ1) is 42.7. The number of carbonyl (C=O) groups excluding carboxylic acids is 9. The number of esters is 3. The molecule has 3 aliphatic heterocycles. The highest BCUT2D eigenvalue weighted by Gasteiger charge is 2.64. The number of fused-ring (bicyclic) bond motifs is 6. The number of hydrogen-bond donors (Lipinski definition) is 4. The number of nitrogens with one attached hydrogen (secondary N) is 2. The number of urea groups is 1. The van der Waals surface area contributed by atoms with Crippen molar-refractivity contribution >= 4 is 97.3 Å². The minimum absolute atomic E-state index is 0.0102. The number of anilines is 1. The van der Waals surface area contributed by atoms with Gasteiger partial charge in [-0.05, 0) is 121 Å². The number of ketones is 2. The molecule has 3 aliphatic rings. The summed E-state index contributed by atoms with van der Waals surface area (Å²) >= 11 is 10.1. The van der Waals surface area contributed by atoms with E-state index in [1.165, 1.54) is 43.1 Å². The summed E-state index contributed by atoms with van der Waals surface area (Å²) in [5.74, 6) is -5.76. The zero-order valence-electron chi connectivity index (χ0n) is 54.4. The fourth-order valence-corrected chi connectivity index (χ4v) is 12.4. The maximum atomic E-state index is 14.7. The number of hydrogen-bond acceptors (Lipinski definition) is 16. The number of aromatic nitrogens is 1. The molecule has 6 rings (SSSR count). The summed E-state index contributed by atoms with van der Waals surface area (Å²) in [6, 6.07) is 7.07. The van der Waals surface area contributed by atoms with Gasteiger partial charge >= 0.3 is 23.9 Å². The Balaban J connectivity index is 1.21. The molecule has 5 amide bonds. The molecule has 1 aromatic heterocycles. The third-order valence-corrected chi connectivity index (χ3v) is 18.9. The van der Waals surface area contributed by atoms with E-state index in [-0.39, 0.29) is 74.1 Å². The number of nitrogens with two attached hydrogens (primary N) is 1. The third kappa shape index (κ3) is 18.9. The lowest BCUT2D eigenvalue weighted by Crippen LogP contribution is -2.53. The number of nitrogens with zero attached hydrogens (tertiary/aromatic N) is 3. The van der Waals surface area contributed by atoms with E-state index in [9.17, 15) is 48.3 Å². The molecule has 2 aromatic carbocycles. The molecule has 5 N–H and O–H groups in total. The van der Waals surface area contributed by atoms with Crippen LogP contribution in [0.3, 0.4) is 0 Å². The molecule has 91 heavy (non-hydrogen) atoms. The first-order valence-corrected chi connectivity index (χ1v) is 32.5. The lowest BCUT2D eigenvalue weighted by molar-refractivity contribution is -0.187. The Labute approximate surface area is 547 Å². The second-order valence-electron chi connectivity index (χ2n) is 25.7. The largest absolute Gasteiger partial charge is 0.462 e. The number of primary amides is 1. The monoisotopic (exact) mass is 1340 g/mol.